The third-order valence-electron chi connectivity index (χ3n) is 3.39. The second-order valence-electron chi connectivity index (χ2n) is 4.99. The summed E-state index contributed by atoms with van der Waals surface area (Å²) in [5.74, 6) is -0.695. The molecule has 0 aliphatic rings. The maximum Gasteiger partial charge on any atom is 0.245 e. The molecule has 22 heavy (non-hydrogen) atoms. The lowest BCUT2D eigenvalue weighted by Crippen LogP contribution is -2.16. The number of aliphatic imine (C=N–C) groups is 1. The molecule has 2 rings (SSSR count). The predicted molar refractivity (Wildman–Crippen MR) is 87.7 cm³/mol. The zero-order chi connectivity index (χ0) is 15.8. The molecule has 0 aliphatic carbocycles. The average molecular weight is 290 g/mol. The van der Waals surface area contributed by atoms with Gasteiger partial charge < -0.3 is 0 Å². The first-order chi connectivity index (χ1) is 10.7. The van der Waals surface area contributed by atoms with Crippen molar-refractivity contribution in [2.75, 3.05) is 0 Å². The van der Waals surface area contributed by atoms with Crippen LogP contribution in [-0.4, -0.2) is 11.6 Å². The van der Waals surface area contributed by atoms with Gasteiger partial charge in [0.1, 0.15) is 5.92 Å². The van der Waals surface area contributed by atoms with Gasteiger partial charge in [0.2, 0.25) is 5.91 Å². The van der Waals surface area contributed by atoms with Gasteiger partial charge in [0.25, 0.3) is 0 Å². The molecule has 0 saturated heterocycles. The summed E-state index contributed by atoms with van der Waals surface area (Å²) in [6, 6.07) is 21.5. The number of nitriles is 1. The van der Waals surface area contributed by atoms with Crippen LogP contribution < -0.4 is 0 Å². The first kappa shape index (κ1) is 15.7. The second-order valence-corrected chi connectivity index (χ2v) is 4.99. The van der Waals surface area contributed by atoms with Crippen LogP contribution in [0.3, 0.4) is 0 Å². The summed E-state index contributed by atoms with van der Waals surface area (Å²) in [6.07, 6.45) is 0.838. The van der Waals surface area contributed by atoms with E-state index in [-0.39, 0.29) is 5.91 Å². The van der Waals surface area contributed by atoms with Crippen LogP contribution in [0, 0.1) is 11.3 Å². The maximum absolute atomic E-state index is 11.8. The van der Waals surface area contributed by atoms with E-state index < -0.39 is 5.92 Å². The Hall–Kier alpha value is -2.73. The summed E-state index contributed by atoms with van der Waals surface area (Å²) in [6.45, 7) is 1.77. The summed E-state index contributed by atoms with van der Waals surface area (Å²) >= 11 is 0. The van der Waals surface area contributed by atoms with Crippen LogP contribution in [-0.2, 0) is 11.2 Å². The zero-order valence-electron chi connectivity index (χ0n) is 12.6. The van der Waals surface area contributed by atoms with Gasteiger partial charge >= 0.3 is 0 Å². The molecule has 0 radical (unpaired) electrons. The number of hydrogen-bond donors (Lipinski definition) is 0. The standard InChI is InChI=1S/C19H18N2O/c1-2-19(22)21-18(13-15-9-5-3-6-10-15)17(14-20)16-11-7-4-8-12-16/h3-12,17H,2,13H2,1H3. The summed E-state index contributed by atoms with van der Waals surface area (Å²) in [4.78, 5) is 16.0. The number of benzene rings is 2. The number of rotatable bonds is 5. The molecule has 110 valence electrons. The molecule has 0 aliphatic heterocycles. The number of hydrogen-bond acceptors (Lipinski definition) is 2. The lowest BCUT2D eigenvalue weighted by molar-refractivity contribution is -0.117. The van der Waals surface area contributed by atoms with Crippen LogP contribution in [0.5, 0.6) is 0 Å². The van der Waals surface area contributed by atoms with Gasteiger partial charge in [0.05, 0.1) is 6.07 Å². The molecule has 1 atom stereocenters. The van der Waals surface area contributed by atoms with Crippen molar-refractivity contribution in [1.29, 1.82) is 5.26 Å². The number of carbonyl (C=O) groups excluding carboxylic acids is 1. The number of nitrogens with zero attached hydrogens (tertiary/aromatic N) is 2. The molecular formula is C19H18N2O. The molecular weight excluding hydrogens is 272 g/mol. The van der Waals surface area contributed by atoms with Gasteiger partial charge in [-0.05, 0) is 11.1 Å². The van der Waals surface area contributed by atoms with E-state index in [2.05, 4.69) is 11.1 Å². The molecule has 3 heteroatoms. The monoisotopic (exact) mass is 290 g/mol. The predicted octanol–water partition coefficient (Wildman–Crippen LogP) is 3.91. The summed E-state index contributed by atoms with van der Waals surface area (Å²) in [5, 5.41) is 9.57. The van der Waals surface area contributed by atoms with Crippen molar-refractivity contribution >= 4 is 11.6 Å². The fraction of sp³-hybridized carbons (Fsp3) is 0.211. The molecule has 0 N–H and O–H groups in total. The highest BCUT2D eigenvalue weighted by Crippen LogP contribution is 2.20. The fourth-order valence-corrected chi connectivity index (χ4v) is 2.24. The first-order valence-corrected chi connectivity index (χ1v) is 7.33. The topological polar surface area (TPSA) is 53.2 Å². The molecule has 2 aromatic rings. The molecule has 0 saturated carbocycles. The van der Waals surface area contributed by atoms with Crippen LogP contribution in [0.1, 0.15) is 30.4 Å². The lowest BCUT2D eigenvalue weighted by Gasteiger charge is -2.13. The van der Waals surface area contributed by atoms with Gasteiger partial charge in [-0.25, -0.2) is 4.99 Å². The highest BCUT2D eigenvalue weighted by atomic mass is 16.1. The molecule has 2 aromatic carbocycles. The van der Waals surface area contributed by atoms with Crippen LogP contribution in [0.4, 0.5) is 0 Å². The molecule has 1 unspecified atom stereocenters. The van der Waals surface area contributed by atoms with Crippen LogP contribution in [0.2, 0.25) is 0 Å². The Morgan fingerprint density at radius 1 is 1.09 bits per heavy atom. The lowest BCUT2D eigenvalue weighted by atomic mass is 9.91. The van der Waals surface area contributed by atoms with E-state index in [4.69, 9.17) is 0 Å². The average Bonchev–Trinajstić information content (AvgIpc) is 2.57. The van der Waals surface area contributed by atoms with E-state index in [0.29, 0.717) is 18.6 Å². The Kier molecular flexibility index (Phi) is 5.62. The summed E-state index contributed by atoms with van der Waals surface area (Å²) in [7, 11) is 0. The van der Waals surface area contributed by atoms with Crippen molar-refractivity contribution in [2.45, 2.75) is 25.7 Å². The van der Waals surface area contributed by atoms with E-state index in [0.717, 1.165) is 11.1 Å². The van der Waals surface area contributed by atoms with Gasteiger partial charge in [0, 0.05) is 18.6 Å². The Balaban J connectivity index is 2.37. The van der Waals surface area contributed by atoms with Crippen LogP contribution in [0.25, 0.3) is 0 Å². The fourth-order valence-electron chi connectivity index (χ4n) is 2.24. The van der Waals surface area contributed by atoms with Gasteiger partial charge in [0.15, 0.2) is 0 Å². The van der Waals surface area contributed by atoms with E-state index in [1.165, 1.54) is 0 Å². The van der Waals surface area contributed by atoms with E-state index in [1.807, 2.05) is 60.7 Å². The number of carbonyl (C=O) groups is 1. The third-order valence-corrected chi connectivity index (χ3v) is 3.39. The van der Waals surface area contributed by atoms with E-state index in [9.17, 15) is 10.1 Å². The second kappa shape index (κ2) is 7.90. The minimum absolute atomic E-state index is 0.192. The first-order valence-electron chi connectivity index (χ1n) is 7.33. The smallest absolute Gasteiger partial charge is 0.245 e. The zero-order valence-corrected chi connectivity index (χ0v) is 12.6. The van der Waals surface area contributed by atoms with E-state index in [1.54, 1.807) is 6.92 Å². The van der Waals surface area contributed by atoms with Crippen molar-refractivity contribution in [3.63, 3.8) is 0 Å². The molecule has 0 bridgehead atoms. The summed E-state index contributed by atoms with van der Waals surface area (Å²) < 4.78 is 0. The highest BCUT2D eigenvalue weighted by Gasteiger charge is 2.19. The molecule has 0 heterocycles. The molecule has 3 nitrogen and oxygen atoms in total. The quantitative estimate of drug-likeness (QED) is 0.784. The van der Waals surface area contributed by atoms with Gasteiger partial charge in [-0.1, -0.05) is 67.6 Å². The van der Waals surface area contributed by atoms with Crippen molar-refractivity contribution < 1.29 is 4.79 Å². The van der Waals surface area contributed by atoms with Gasteiger partial charge in [-0.15, -0.1) is 0 Å². The molecule has 0 fully saturated rings. The minimum atomic E-state index is -0.503. The summed E-state index contributed by atoms with van der Waals surface area (Å²) in [5.41, 5.74) is 2.51. The third kappa shape index (κ3) is 4.13. The van der Waals surface area contributed by atoms with Crippen molar-refractivity contribution in [1.82, 2.24) is 0 Å². The minimum Gasteiger partial charge on any atom is -0.273 e. The normalized spacial score (nSPS) is 12.5. The molecule has 0 aromatic heterocycles. The highest BCUT2D eigenvalue weighted by molar-refractivity contribution is 6.02. The van der Waals surface area contributed by atoms with Gasteiger partial charge in [-0.2, -0.15) is 5.26 Å². The number of amides is 1. The maximum atomic E-state index is 11.8. The largest absolute Gasteiger partial charge is 0.273 e. The molecule has 0 spiro atoms. The van der Waals surface area contributed by atoms with E-state index >= 15 is 0 Å². The van der Waals surface area contributed by atoms with Crippen LogP contribution in [0.15, 0.2) is 65.7 Å². The Labute approximate surface area is 130 Å². The van der Waals surface area contributed by atoms with Crippen molar-refractivity contribution in [2.24, 2.45) is 4.99 Å². The van der Waals surface area contributed by atoms with Gasteiger partial charge in [-0.3, -0.25) is 4.79 Å². The van der Waals surface area contributed by atoms with Crippen molar-refractivity contribution in [3.8, 4) is 6.07 Å². The Morgan fingerprint density at radius 3 is 2.23 bits per heavy atom. The Bertz CT molecular complexity index is 684. The van der Waals surface area contributed by atoms with Crippen LogP contribution >= 0.6 is 0 Å². The van der Waals surface area contributed by atoms with Crippen molar-refractivity contribution in [3.05, 3.63) is 71.8 Å². The Morgan fingerprint density at radius 2 is 1.68 bits per heavy atom. The SMILES string of the molecule is CCC(=O)N=C(Cc1ccccc1)C(C#N)c1ccccc1. The molecule has 1 amide bonds.